The van der Waals surface area contributed by atoms with Crippen molar-refractivity contribution in [2.75, 3.05) is 14.2 Å². The molecule has 3 aromatic rings. The van der Waals surface area contributed by atoms with Gasteiger partial charge in [-0.25, -0.2) is 14.6 Å². The van der Waals surface area contributed by atoms with Gasteiger partial charge in [-0.15, -0.1) is 11.3 Å². The quantitative estimate of drug-likeness (QED) is 0.487. The standard InChI is InChI=1S/C20H17NO5S/c1-12-11-27-18(21-12)13-4-6-14(7-5-13)20(23)26-16-9-8-15(19(22)25-3)10-17(16)24-2/h4-11H,1-3H3. The number of esters is 2. The summed E-state index contributed by atoms with van der Waals surface area (Å²) in [5.74, 6) is -0.545. The largest absolute Gasteiger partial charge is 0.493 e. The van der Waals surface area contributed by atoms with Crippen LogP contribution < -0.4 is 9.47 Å². The topological polar surface area (TPSA) is 74.7 Å². The number of methoxy groups -OCH3 is 2. The molecule has 0 bridgehead atoms. The van der Waals surface area contributed by atoms with Crippen LogP contribution in [0.3, 0.4) is 0 Å². The Bertz CT molecular complexity index is 978. The van der Waals surface area contributed by atoms with Gasteiger partial charge in [0.15, 0.2) is 11.5 Å². The molecule has 138 valence electrons. The number of hydrogen-bond donors (Lipinski definition) is 0. The lowest BCUT2D eigenvalue weighted by molar-refractivity contribution is 0.0600. The van der Waals surface area contributed by atoms with Gasteiger partial charge >= 0.3 is 11.9 Å². The first-order valence-electron chi connectivity index (χ1n) is 8.03. The van der Waals surface area contributed by atoms with Crippen molar-refractivity contribution in [2.24, 2.45) is 0 Å². The van der Waals surface area contributed by atoms with Crippen LogP contribution in [0.1, 0.15) is 26.4 Å². The monoisotopic (exact) mass is 383 g/mol. The van der Waals surface area contributed by atoms with E-state index in [0.717, 1.165) is 16.3 Å². The summed E-state index contributed by atoms with van der Waals surface area (Å²) in [6.45, 7) is 1.94. The number of aryl methyl sites for hydroxylation is 1. The summed E-state index contributed by atoms with van der Waals surface area (Å²) in [5.41, 5.74) is 2.59. The molecular weight excluding hydrogens is 366 g/mol. The zero-order valence-corrected chi connectivity index (χ0v) is 15.8. The fraction of sp³-hybridized carbons (Fsp3) is 0.150. The van der Waals surface area contributed by atoms with Gasteiger partial charge in [0, 0.05) is 16.6 Å². The number of carbonyl (C=O) groups excluding carboxylic acids is 2. The van der Waals surface area contributed by atoms with Crippen LogP contribution in [0.15, 0.2) is 47.8 Å². The Kier molecular flexibility index (Phi) is 5.52. The van der Waals surface area contributed by atoms with E-state index in [1.54, 1.807) is 23.5 Å². The van der Waals surface area contributed by atoms with E-state index in [9.17, 15) is 9.59 Å². The predicted octanol–water partition coefficient (Wildman–Crippen LogP) is 4.13. The Balaban J connectivity index is 1.78. The van der Waals surface area contributed by atoms with E-state index in [4.69, 9.17) is 9.47 Å². The minimum absolute atomic E-state index is 0.217. The smallest absolute Gasteiger partial charge is 0.343 e. The van der Waals surface area contributed by atoms with Gasteiger partial charge in [0.1, 0.15) is 5.01 Å². The van der Waals surface area contributed by atoms with E-state index >= 15 is 0 Å². The average molecular weight is 383 g/mol. The Labute approximate surface area is 160 Å². The van der Waals surface area contributed by atoms with Crippen molar-refractivity contribution in [3.63, 3.8) is 0 Å². The number of benzene rings is 2. The molecular formula is C20H17NO5S. The third kappa shape index (κ3) is 4.15. The van der Waals surface area contributed by atoms with Crippen molar-refractivity contribution in [3.05, 3.63) is 64.7 Å². The summed E-state index contributed by atoms with van der Waals surface area (Å²) < 4.78 is 15.3. The molecule has 7 heteroatoms. The van der Waals surface area contributed by atoms with E-state index < -0.39 is 11.9 Å². The zero-order valence-electron chi connectivity index (χ0n) is 15.0. The third-order valence-electron chi connectivity index (χ3n) is 3.77. The first-order chi connectivity index (χ1) is 13.0. The van der Waals surface area contributed by atoms with Crippen molar-refractivity contribution in [1.82, 2.24) is 4.98 Å². The number of thiazole rings is 1. The fourth-order valence-electron chi connectivity index (χ4n) is 2.39. The van der Waals surface area contributed by atoms with Crippen molar-refractivity contribution >= 4 is 23.3 Å². The van der Waals surface area contributed by atoms with Gasteiger partial charge in [-0.05, 0) is 37.3 Å². The molecule has 0 radical (unpaired) electrons. The summed E-state index contributed by atoms with van der Waals surface area (Å²) in [5, 5.41) is 2.87. The van der Waals surface area contributed by atoms with E-state index in [1.807, 2.05) is 24.4 Å². The predicted molar refractivity (Wildman–Crippen MR) is 102 cm³/mol. The maximum absolute atomic E-state index is 12.4. The lowest BCUT2D eigenvalue weighted by Crippen LogP contribution is -2.10. The Morgan fingerprint density at radius 2 is 1.63 bits per heavy atom. The van der Waals surface area contributed by atoms with Crippen LogP contribution in [-0.4, -0.2) is 31.1 Å². The number of aromatic nitrogens is 1. The van der Waals surface area contributed by atoms with Gasteiger partial charge < -0.3 is 14.2 Å². The van der Waals surface area contributed by atoms with E-state index in [0.29, 0.717) is 11.1 Å². The van der Waals surface area contributed by atoms with Crippen LogP contribution in [0.25, 0.3) is 10.6 Å². The molecule has 0 fully saturated rings. The molecule has 1 aromatic heterocycles. The Morgan fingerprint density at radius 3 is 2.22 bits per heavy atom. The number of hydrogen-bond acceptors (Lipinski definition) is 7. The highest BCUT2D eigenvalue weighted by Gasteiger charge is 2.16. The van der Waals surface area contributed by atoms with Crippen LogP contribution in [-0.2, 0) is 4.74 Å². The lowest BCUT2D eigenvalue weighted by atomic mass is 10.1. The number of ether oxygens (including phenoxy) is 3. The van der Waals surface area contributed by atoms with E-state index in [-0.39, 0.29) is 11.5 Å². The highest BCUT2D eigenvalue weighted by Crippen LogP contribution is 2.29. The second-order valence-corrected chi connectivity index (χ2v) is 6.48. The summed E-state index contributed by atoms with van der Waals surface area (Å²) in [6, 6.07) is 11.5. The minimum atomic E-state index is -0.527. The SMILES string of the molecule is COC(=O)c1ccc(OC(=O)c2ccc(-c3nc(C)cs3)cc2)c(OC)c1. The molecule has 1 heterocycles. The summed E-state index contributed by atoms with van der Waals surface area (Å²) >= 11 is 1.55. The van der Waals surface area contributed by atoms with Crippen LogP contribution in [0, 0.1) is 6.92 Å². The van der Waals surface area contributed by atoms with Gasteiger partial charge in [0.2, 0.25) is 0 Å². The molecule has 0 saturated carbocycles. The van der Waals surface area contributed by atoms with Crippen molar-refractivity contribution in [3.8, 4) is 22.1 Å². The highest BCUT2D eigenvalue weighted by molar-refractivity contribution is 7.13. The molecule has 0 spiro atoms. The molecule has 0 aliphatic heterocycles. The van der Waals surface area contributed by atoms with Crippen LogP contribution in [0.4, 0.5) is 0 Å². The van der Waals surface area contributed by atoms with Crippen molar-refractivity contribution in [2.45, 2.75) is 6.92 Å². The third-order valence-corrected chi connectivity index (χ3v) is 4.78. The van der Waals surface area contributed by atoms with Gasteiger partial charge in [-0.3, -0.25) is 0 Å². The fourth-order valence-corrected chi connectivity index (χ4v) is 3.19. The summed E-state index contributed by atoms with van der Waals surface area (Å²) in [6.07, 6.45) is 0. The van der Waals surface area contributed by atoms with Gasteiger partial charge in [0.05, 0.1) is 25.3 Å². The van der Waals surface area contributed by atoms with Crippen LogP contribution in [0.2, 0.25) is 0 Å². The van der Waals surface area contributed by atoms with Gasteiger partial charge in [-0.1, -0.05) is 12.1 Å². The molecule has 0 atom stereocenters. The first-order valence-corrected chi connectivity index (χ1v) is 8.91. The highest BCUT2D eigenvalue weighted by atomic mass is 32.1. The number of rotatable bonds is 5. The molecule has 0 saturated heterocycles. The zero-order chi connectivity index (χ0) is 19.4. The maximum Gasteiger partial charge on any atom is 0.343 e. The second-order valence-electron chi connectivity index (χ2n) is 5.62. The average Bonchev–Trinajstić information content (AvgIpc) is 3.14. The molecule has 6 nitrogen and oxygen atoms in total. The van der Waals surface area contributed by atoms with Gasteiger partial charge in [0.25, 0.3) is 0 Å². The molecule has 3 rings (SSSR count). The number of nitrogens with zero attached hydrogens (tertiary/aromatic N) is 1. The normalized spacial score (nSPS) is 10.3. The Hall–Kier alpha value is -3.19. The van der Waals surface area contributed by atoms with Crippen molar-refractivity contribution < 1.29 is 23.8 Å². The summed E-state index contributed by atoms with van der Waals surface area (Å²) in [7, 11) is 2.72. The maximum atomic E-state index is 12.4. The molecule has 0 amide bonds. The van der Waals surface area contributed by atoms with Crippen LogP contribution >= 0.6 is 11.3 Å². The van der Waals surface area contributed by atoms with Gasteiger partial charge in [-0.2, -0.15) is 0 Å². The molecule has 27 heavy (non-hydrogen) atoms. The molecule has 2 aromatic carbocycles. The molecule has 0 N–H and O–H groups in total. The summed E-state index contributed by atoms with van der Waals surface area (Å²) in [4.78, 5) is 28.4. The van der Waals surface area contributed by atoms with E-state index in [2.05, 4.69) is 9.72 Å². The van der Waals surface area contributed by atoms with Crippen molar-refractivity contribution in [1.29, 1.82) is 0 Å². The first kappa shape index (κ1) is 18.6. The molecule has 0 aliphatic rings. The number of carbonyl (C=O) groups is 2. The Morgan fingerprint density at radius 1 is 0.926 bits per heavy atom. The second kappa shape index (κ2) is 8.01. The molecule has 0 aliphatic carbocycles. The van der Waals surface area contributed by atoms with Crippen LogP contribution in [0.5, 0.6) is 11.5 Å². The minimum Gasteiger partial charge on any atom is -0.493 e. The van der Waals surface area contributed by atoms with E-state index in [1.165, 1.54) is 32.4 Å². The lowest BCUT2D eigenvalue weighted by Gasteiger charge is -2.10. The molecule has 0 unspecified atom stereocenters.